The van der Waals surface area contributed by atoms with Gasteiger partial charge >= 0.3 is 0 Å². The average Bonchev–Trinajstić information content (AvgIpc) is 2.24. The van der Waals surface area contributed by atoms with E-state index in [0.29, 0.717) is 19.5 Å². The number of likely N-dealkylation sites (tertiary alicyclic amines) is 1. The lowest BCUT2D eigenvalue weighted by Crippen LogP contribution is -2.45. The molecule has 86 valence electrons. The zero-order chi connectivity index (χ0) is 11.5. The van der Waals surface area contributed by atoms with Gasteiger partial charge in [0.1, 0.15) is 5.82 Å². The lowest BCUT2D eigenvalue weighted by Gasteiger charge is -2.30. The summed E-state index contributed by atoms with van der Waals surface area (Å²) in [6.07, 6.45) is 1.25. The number of hydrogen-bond acceptors (Lipinski definition) is 2. The molecular formula is C12H15FN2O. The lowest BCUT2D eigenvalue weighted by molar-refractivity contribution is -0.134. The van der Waals surface area contributed by atoms with Crippen LogP contribution in [-0.4, -0.2) is 23.4 Å². The van der Waals surface area contributed by atoms with Crippen molar-refractivity contribution in [3.8, 4) is 0 Å². The normalized spacial score (nSPS) is 21.2. The van der Waals surface area contributed by atoms with Gasteiger partial charge in [0.15, 0.2) is 0 Å². The summed E-state index contributed by atoms with van der Waals surface area (Å²) in [5, 5.41) is 0. The van der Waals surface area contributed by atoms with Gasteiger partial charge in [0, 0.05) is 25.6 Å². The van der Waals surface area contributed by atoms with E-state index in [0.717, 1.165) is 12.0 Å². The molecule has 1 aliphatic rings. The maximum atomic E-state index is 13.0. The van der Waals surface area contributed by atoms with Crippen LogP contribution in [0.15, 0.2) is 24.3 Å². The Labute approximate surface area is 94.0 Å². The summed E-state index contributed by atoms with van der Waals surface area (Å²) in [7, 11) is 0. The average molecular weight is 222 g/mol. The van der Waals surface area contributed by atoms with Crippen molar-refractivity contribution in [3.63, 3.8) is 0 Å². The van der Waals surface area contributed by atoms with Gasteiger partial charge in [-0.3, -0.25) is 4.79 Å². The van der Waals surface area contributed by atoms with Crippen LogP contribution in [0.5, 0.6) is 0 Å². The van der Waals surface area contributed by atoms with Gasteiger partial charge < -0.3 is 10.6 Å². The Morgan fingerprint density at radius 3 is 3.06 bits per heavy atom. The molecule has 2 rings (SSSR count). The van der Waals surface area contributed by atoms with E-state index in [9.17, 15) is 9.18 Å². The van der Waals surface area contributed by atoms with E-state index in [2.05, 4.69) is 0 Å². The van der Waals surface area contributed by atoms with Crippen LogP contribution in [0, 0.1) is 5.82 Å². The molecule has 1 saturated heterocycles. The van der Waals surface area contributed by atoms with Gasteiger partial charge in [-0.2, -0.15) is 0 Å². The Hall–Kier alpha value is -1.42. The predicted molar refractivity (Wildman–Crippen MR) is 59.0 cm³/mol. The van der Waals surface area contributed by atoms with Crippen molar-refractivity contribution in [2.45, 2.75) is 25.4 Å². The standard InChI is InChI=1S/C12H15FN2O/c13-10-3-1-2-9(6-10)7-15-8-11(14)4-5-12(15)16/h1-3,6,11H,4-5,7-8,14H2. The lowest BCUT2D eigenvalue weighted by atomic mass is 10.1. The van der Waals surface area contributed by atoms with Crippen molar-refractivity contribution in [2.24, 2.45) is 5.73 Å². The highest BCUT2D eigenvalue weighted by Crippen LogP contribution is 2.14. The second-order valence-electron chi connectivity index (χ2n) is 4.20. The number of benzene rings is 1. The summed E-state index contributed by atoms with van der Waals surface area (Å²) in [5.74, 6) is -0.169. The zero-order valence-corrected chi connectivity index (χ0v) is 9.03. The third kappa shape index (κ3) is 2.58. The number of carbonyl (C=O) groups is 1. The summed E-state index contributed by atoms with van der Waals surface area (Å²) in [4.78, 5) is 13.3. The molecular weight excluding hydrogens is 207 g/mol. The van der Waals surface area contributed by atoms with Crippen molar-refractivity contribution >= 4 is 5.91 Å². The molecule has 1 atom stereocenters. The zero-order valence-electron chi connectivity index (χ0n) is 9.03. The molecule has 1 aromatic carbocycles. The highest BCUT2D eigenvalue weighted by atomic mass is 19.1. The van der Waals surface area contributed by atoms with Crippen LogP contribution in [0.2, 0.25) is 0 Å². The minimum Gasteiger partial charge on any atom is -0.337 e. The van der Waals surface area contributed by atoms with Crippen molar-refractivity contribution in [3.05, 3.63) is 35.6 Å². The Morgan fingerprint density at radius 2 is 2.31 bits per heavy atom. The quantitative estimate of drug-likeness (QED) is 0.819. The Bertz CT molecular complexity index is 394. The monoisotopic (exact) mass is 222 g/mol. The summed E-state index contributed by atoms with van der Waals surface area (Å²) < 4.78 is 13.0. The van der Waals surface area contributed by atoms with Crippen molar-refractivity contribution < 1.29 is 9.18 Å². The molecule has 3 nitrogen and oxygen atoms in total. The molecule has 4 heteroatoms. The van der Waals surface area contributed by atoms with Gasteiger partial charge in [0.2, 0.25) is 5.91 Å². The minimum absolute atomic E-state index is 0.0475. The molecule has 1 aliphatic heterocycles. The number of hydrogen-bond donors (Lipinski definition) is 1. The number of nitrogens with zero attached hydrogens (tertiary/aromatic N) is 1. The maximum Gasteiger partial charge on any atom is 0.222 e. The summed E-state index contributed by atoms with van der Waals surface area (Å²) in [6.45, 7) is 1.01. The van der Waals surface area contributed by atoms with Gasteiger partial charge in [0.25, 0.3) is 0 Å². The first-order chi connectivity index (χ1) is 7.65. The van der Waals surface area contributed by atoms with Crippen LogP contribution in [0.25, 0.3) is 0 Å². The SMILES string of the molecule is NC1CCC(=O)N(Cc2cccc(F)c2)C1. The number of nitrogens with two attached hydrogens (primary N) is 1. The Morgan fingerprint density at radius 1 is 1.50 bits per heavy atom. The second-order valence-corrected chi connectivity index (χ2v) is 4.20. The first-order valence-corrected chi connectivity index (χ1v) is 5.43. The molecule has 1 amide bonds. The molecule has 0 spiro atoms. The third-order valence-corrected chi connectivity index (χ3v) is 2.80. The second kappa shape index (κ2) is 4.61. The van der Waals surface area contributed by atoms with Crippen LogP contribution in [-0.2, 0) is 11.3 Å². The van der Waals surface area contributed by atoms with Crippen LogP contribution in [0.4, 0.5) is 4.39 Å². The van der Waals surface area contributed by atoms with Crippen LogP contribution >= 0.6 is 0 Å². The van der Waals surface area contributed by atoms with E-state index in [1.165, 1.54) is 12.1 Å². The number of piperidine rings is 1. The molecule has 1 aromatic rings. The summed E-state index contributed by atoms with van der Waals surface area (Å²) in [6, 6.07) is 6.36. The fourth-order valence-electron chi connectivity index (χ4n) is 1.95. The van der Waals surface area contributed by atoms with Crippen molar-refractivity contribution in [2.75, 3.05) is 6.54 Å². The fraction of sp³-hybridized carbons (Fsp3) is 0.417. The first-order valence-electron chi connectivity index (χ1n) is 5.43. The highest BCUT2D eigenvalue weighted by molar-refractivity contribution is 5.77. The Balaban J connectivity index is 2.05. The van der Waals surface area contributed by atoms with Crippen molar-refractivity contribution in [1.29, 1.82) is 0 Å². The Kier molecular flexibility index (Phi) is 3.19. The van der Waals surface area contributed by atoms with Gasteiger partial charge in [0.05, 0.1) is 0 Å². The largest absolute Gasteiger partial charge is 0.337 e. The molecule has 0 saturated carbocycles. The van der Waals surface area contributed by atoms with Gasteiger partial charge in [-0.25, -0.2) is 4.39 Å². The smallest absolute Gasteiger partial charge is 0.222 e. The first kappa shape index (κ1) is 11.1. The van der Waals surface area contributed by atoms with Crippen LogP contribution < -0.4 is 5.73 Å². The number of rotatable bonds is 2. The molecule has 0 bridgehead atoms. The summed E-state index contributed by atoms with van der Waals surface area (Å²) in [5.41, 5.74) is 6.61. The summed E-state index contributed by atoms with van der Waals surface area (Å²) >= 11 is 0. The molecule has 0 aromatic heterocycles. The molecule has 0 radical (unpaired) electrons. The number of halogens is 1. The van der Waals surface area contributed by atoms with Crippen LogP contribution in [0.3, 0.4) is 0 Å². The topological polar surface area (TPSA) is 46.3 Å². The molecule has 2 N–H and O–H groups in total. The molecule has 1 heterocycles. The molecule has 0 aliphatic carbocycles. The van der Waals surface area contributed by atoms with E-state index in [1.54, 1.807) is 11.0 Å². The number of amides is 1. The van der Waals surface area contributed by atoms with E-state index in [4.69, 9.17) is 5.73 Å². The van der Waals surface area contributed by atoms with Crippen molar-refractivity contribution in [1.82, 2.24) is 4.90 Å². The molecule has 1 unspecified atom stereocenters. The van der Waals surface area contributed by atoms with Gasteiger partial charge in [-0.1, -0.05) is 12.1 Å². The van der Waals surface area contributed by atoms with E-state index >= 15 is 0 Å². The maximum absolute atomic E-state index is 13.0. The van der Waals surface area contributed by atoms with E-state index in [1.807, 2.05) is 6.07 Å². The van der Waals surface area contributed by atoms with Gasteiger partial charge in [-0.15, -0.1) is 0 Å². The predicted octanol–water partition coefficient (Wildman–Crippen LogP) is 1.28. The number of carbonyl (C=O) groups excluding carboxylic acids is 1. The molecule has 16 heavy (non-hydrogen) atoms. The third-order valence-electron chi connectivity index (χ3n) is 2.80. The van der Waals surface area contributed by atoms with Gasteiger partial charge in [-0.05, 0) is 24.1 Å². The van der Waals surface area contributed by atoms with E-state index in [-0.39, 0.29) is 17.8 Å². The highest BCUT2D eigenvalue weighted by Gasteiger charge is 2.23. The fourth-order valence-corrected chi connectivity index (χ4v) is 1.95. The van der Waals surface area contributed by atoms with E-state index < -0.39 is 0 Å². The van der Waals surface area contributed by atoms with Crippen LogP contribution in [0.1, 0.15) is 18.4 Å². The minimum atomic E-state index is -0.272. The molecule has 1 fully saturated rings.